The number of aromatic nitrogens is 2. The van der Waals surface area contributed by atoms with Gasteiger partial charge in [-0.15, -0.1) is 0 Å². The van der Waals surface area contributed by atoms with Crippen LogP contribution < -0.4 is 5.32 Å². The molecule has 1 saturated heterocycles. The number of thioether (sulfide) groups is 2. The lowest BCUT2D eigenvalue weighted by Crippen LogP contribution is -2.47. The molecule has 0 spiro atoms. The molecule has 20 heavy (non-hydrogen) atoms. The Kier molecular flexibility index (Phi) is 6.78. The Balaban J connectivity index is 2.07. The van der Waals surface area contributed by atoms with Crippen LogP contribution in [0.4, 0.5) is 0 Å². The summed E-state index contributed by atoms with van der Waals surface area (Å²) < 4.78 is 2.15. The molecule has 2 rings (SSSR count). The second-order valence-electron chi connectivity index (χ2n) is 5.37. The van der Waals surface area contributed by atoms with E-state index in [1.165, 1.54) is 30.2 Å². The summed E-state index contributed by atoms with van der Waals surface area (Å²) >= 11 is 4.32. The molecule has 3 atom stereocenters. The highest BCUT2D eigenvalue weighted by Gasteiger charge is 2.32. The quantitative estimate of drug-likeness (QED) is 0.838. The van der Waals surface area contributed by atoms with Gasteiger partial charge < -0.3 is 9.88 Å². The number of hydrogen-bond donors (Lipinski definition) is 1. The van der Waals surface area contributed by atoms with Crippen LogP contribution in [0.25, 0.3) is 0 Å². The summed E-state index contributed by atoms with van der Waals surface area (Å²) in [5.74, 6) is 3.80. The molecule has 0 bridgehead atoms. The van der Waals surface area contributed by atoms with Crippen molar-refractivity contribution in [1.82, 2.24) is 14.9 Å². The Bertz CT molecular complexity index is 394. The first-order valence-electron chi connectivity index (χ1n) is 7.69. The monoisotopic (exact) mass is 313 g/mol. The van der Waals surface area contributed by atoms with Crippen molar-refractivity contribution >= 4 is 23.5 Å². The topological polar surface area (TPSA) is 29.9 Å². The predicted octanol–water partition coefficient (Wildman–Crippen LogP) is 2.96. The number of imidazole rings is 1. The molecule has 0 radical (unpaired) electrons. The predicted molar refractivity (Wildman–Crippen MR) is 91.8 cm³/mol. The van der Waals surface area contributed by atoms with E-state index < -0.39 is 0 Å². The lowest BCUT2D eigenvalue weighted by atomic mass is 10.0. The highest BCUT2D eigenvalue weighted by Crippen LogP contribution is 2.35. The van der Waals surface area contributed by atoms with Crippen LogP contribution >= 0.6 is 23.5 Å². The molecule has 1 N–H and O–H groups in total. The number of nitrogens with zero attached hydrogens (tertiary/aromatic N) is 2. The first-order chi connectivity index (χ1) is 9.76. The highest BCUT2D eigenvalue weighted by molar-refractivity contribution is 8.07. The van der Waals surface area contributed by atoms with Crippen molar-refractivity contribution in [2.45, 2.75) is 49.7 Å². The van der Waals surface area contributed by atoms with Gasteiger partial charge in [0.15, 0.2) is 0 Å². The minimum atomic E-state index is 0.541. The lowest BCUT2D eigenvalue weighted by molar-refractivity contribution is 0.465. The lowest BCUT2D eigenvalue weighted by Gasteiger charge is -2.36. The normalized spacial score (nSPS) is 24.8. The van der Waals surface area contributed by atoms with Gasteiger partial charge in [-0.05, 0) is 19.4 Å². The molecule has 1 aromatic rings. The van der Waals surface area contributed by atoms with Crippen molar-refractivity contribution in [3.8, 4) is 0 Å². The molecule has 114 valence electrons. The minimum absolute atomic E-state index is 0.541. The van der Waals surface area contributed by atoms with Crippen LogP contribution in [0.1, 0.15) is 32.5 Å². The minimum Gasteiger partial charge on any atom is -0.338 e. The van der Waals surface area contributed by atoms with Gasteiger partial charge in [-0.2, -0.15) is 23.5 Å². The van der Waals surface area contributed by atoms with Crippen molar-refractivity contribution in [2.75, 3.05) is 18.1 Å². The molecule has 0 aliphatic carbocycles. The van der Waals surface area contributed by atoms with Gasteiger partial charge in [-0.3, -0.25) is 0 Å². The fourth-order valence-electron chi connectivity index (χ4n) is 2.74. The van der Waals surface area contributed by atoms with Crippen LogP contribution in [-0.4, -0.2) is 44.1 Å². The van der Waals surface area contributed by atoms with Crippen LogP contribution in [0.3, 0.4) is 0 Å². The van der Waals surface area contributed by atoms with Gasteiger partial charge in [-0.1, -0.05) is 13.8 Å². The van der Waals surface area contributed by atoms with Crippen molar-refractivity contribution in [3.05, 3.63) is 18.2 Å². The molecule has 0 amide bonds. The fourth-order valence-corrected chi connectivity index (χ4v) is 6.00. The summed E-state index contributed by atoms with van der Waals surface area (Å²) in [6.45, 7) is 5.67. The van der Waals surface area contributed by atoms with E-state index in [4.69, 9.17) is 0 Å². The van der Waals surface area contributed by atoms with Crippen LogP contribution in [0.2, 0.25) is 0 Å². The Morgan fingerprint density at radius 1 is 1.40 bits per heavy atom. The SMILES string of the molecule is CCCNC(Cc1nccn1C)C1SCCSC1CC. The van der Waals surface area contributed by atoms with E-state index >= 15 is 0 Å². The summed E-state index contributed by atoms with van der Waals surface area (Å²) in [6, 6.07) is 0.541. The Morgan fingerprint density at radius 3 is 2.85 bits per heavy atom. The Morgan fingerprint density at radius 2 is 2.20 bits per heavy atom. The van der Waals surface area contributed by atoms with Gasteiger partial charge in [0.05, 0.1) is 0 Å². The molecule has 1 aromatic heterocycles. The summed E-state index contributed by atoms with van der Waals surface area (Å²) in [5.41, 5.74) is 0. The third kappa shape index (κ3) is 4.18. The Hall–Kier alpha value is -0.130. The molecule has 1 aliphatic rings. The fraction of sp³-hybridized carbons (Fsp3) is 0.800. The first-order valence-corrected chi connectivity index (χ1v) is 9.78. The van der Waals surface area contributed by atoms with E-state index in [1.807, 2.05) is 12.4 Å². The zero-order valence-electron chi connectivity index (χ0n) is 12.8. The molecule has 5 heteroatoms. The summed E-state index contributed by atoms with van der Waals surface area (Å²) in [6.07, 6.45) is 7.46. The average molecular weight is 314 g/mol. The number of hydrogen-bond acceptors (Lipinski definition) is 4. The molecule has 3 unspecified atom stereocenters. The van der Waals surface area contributed by atoms with Gasteiger partial charge in [-0.25, -0.2) is 4.98 Å². The van der Waals surface area contributed by atoms with E-state index in [0.717, 1.165) is 18.2 Å². The summed E-state index contributed by atoms with van der Waals surface area (Å²) in [7, 11) is 2.10. The van der Waals surface area contributed by atoms with Crippen LogP contribution in [0.5, 0.6) is 0 Å². The molecular formula is C15H27N3S2. The van der Waals surface area contributed by atoms with E-state index in [9.17, 15) is 0 Å². The van der Waals surface area contributed by atoms with Gasteiger partial charge >= 0.3 is 0 Å². The maximum Gasteiger partial charge on any atom is 0.109 e. The first kappa shape index (κ1) is 16.2. The second-order valence-corrected chi connectivity index (χ2v) is 8.01. The maximum atomic E-state index is 4.52. The molecule has 3 nitrogen and oxygen atoms in total. The maximum absolute atomic E-state index is 4.52. The van der Waals surface area contributed by atoms with Crippen molar-refractivity contribution in [2.24, 2.45) is 7.05 Å². The summed E-state index contributed by atoms with van der Waals surface area (Å²) in [5, 5.41) is 5.27. The van der Waals surface area contributed by atoms with E-state index in [-0.39, 0.29) is 0 Å². The zero-order valence-corrected chi connectivity index (χ0v) is 14.5. The van der Waals surface area contributed by atoms with Crippen molar-refractivity contribution in [1.29, 1.82) is 0 Å². The van der Waals surface area contributed by atoms with Gasteiger partial charge in [0.25, 0.3) is 0 Å². The zero-order chi connectivity index (χ0) is 14.4. The Labute approximate surface area is 131 Å². The standard InChI is InChI=1S/C15H27N3S2/c1-4-6-16-12(11-14-17-7-8-18(14)3)15-13(5-2)19-9-10-20-15/h7-8,12-13,15-16H,4-6,9-11H2,1-3H3. The molecule has 2 heterocycles. The van der Waals surface area contributed by atoms with E-state index in [1.54, 1.807) is 0 Å². The average Bonchev–Trinajstić information content (AvgIpc) is 2.88. The number of rotatable bonds is 7. The highest BCUT2D eigenvalue weighted by atomic mass is 32.2. The third-order valence-electron chi connectivity index (χ3n) is 3.87. The molecule has 1 aliphatic heterocycles. The molecule has 0 saturated carbocycles. The van der Waals surface area contributed by atoms with E-state index in [2.05, 4.69) is 59.3 Å². The van der Waals surface area contributed by atoms with Crippen LogP contribution in [-0.2, 0) is 13.5 Å². The van der Waals surface area contributed by atoms with E-state index in [0.29, 0.717) is 11.3 Å². The molecule has 0 aromatic carbocycles. The van der Waals surface area contributed by atoms with Crippen LogP contribution in [0.15, 0.2) is 12.4 Å². The van der Waals surface area contributed by atoms with Crippen molar-refractivity contribution in [3.63, 3.8) is 0 Å². The molecular weight excluding hydrogens is 286 g/mol. The van der Waals surface area contributed by atoms with Gasteiger partial charge in [0.2, 0.25) is 0 Å². The third-order valence-corrected chi connectivity index (χ3v) is 7.28. The number of nitrogens with one attached hydrogen (secondary N) is 1. The van der Waals surface area contributed by atoms with Gasteiger partial charge in [0, 0.05) is 53.9 Å². The smallest absolute Gasteiger partial charge is 0.109 e. The second kappa shape index (κ2) is 8.35. The largest absolute Gasteiger partial charge is 0.338 e. The van der Waals surface area contributed by atoms with Crippen molar-refractivity contribution < 1.29 is 0 Å². The van der Waals surface area contributed by atoms with Gasteiger partial charge in [0.1, 0.15) is 5.82 Å². The number of aryl methyl sites for hydroxylation is 1. The molecule has 1 fully saturated rings. The summed E-state index contributed by atoms with van der Waals surface area (Å²) in [4.78, 5) is 4.52. The van der Waals surface area contributed by atoms with Crippen LogP contribution in [0, 0.1) is 0 Å².